The summed E-state index contributed by atoms with van der Waals surface area (Å²) in [7, 11) is 4.08. The first-order chi connectivity index (χ1) is 14.5. The zero-order valence-corrected chi connectivity index (χ0v) is 17.6. The number of hydrogen-bond acceptors (Lipinski definition) is 6. The molecule has 0 saturated heterocycles. The van der Waals surface area contributed by atoms with Gasteiger partial charge in [-0.05, 0) is 56.0 Å². The summed E-state index contributed by atoms with van der Waals surface area (Å²) in [6.45, 7) is 2.23. The topological polar surface area (TPSA) is 69.2 Å². The molecule has 30 heavy (non-hydrogen) atoms. The number of nitrogens with one attached hydrogen (secondary N) is 2. The average Bonchev–Trinajstić information content (AvgIpc) is 2.72. The van der Waals surface area contributed by atoms with Crippen LogP contribution in [-0.2, 0) is 4.79 Å². The summed E-state index contributed by atoms with van der Waals surface area (Å²) in [5.74, 6) is 1.40. The third-order valence-electron chi connectivity index (χ3n) is 6.21. The van der Waals surface area contributed by atoms with Gasteiger partial charge in [0.2, 0.25) is 0 Å². The largest absolute Gasteiger partial charge is 0.483 e. The van der Waals surface area contributed by atoms with Crippen LogP contribution in [0.3, 0.4) is 0 Å². The van der Waals surface area contributed by atoms with Gasteiger partial charge in [-0.1, -0.05) is 12.1 Å². The summed E-state index contributed by atoms with van der Waals surface area (Å²) in [6.07, 6.45) is 3.63. The summed E-state index contributed by atoms with van der Waals surface area (Å²) in [5, 5.41) is 7.92. The molecule has 0 spiro atoms. The maximum absolute atomic E-state index is 12.2. The van der Waals surface area contributed by atoms with Crippen LogP contribution in [0, 0.1) is 0 Å². The fourth-order valence-corrected chi connectivity index (χ4v) is 4.14. The molecular formula is C23H27N5O2. The van der Waals surface area contributed by atoms with Crippen molar-refractivity contribution in [3.8, 4) is 16.9 Å². The number of fused-ring (bicyclic) bond motifs is 3. The lowest BCUT2D eigenvalue weighted by atomic mass is 9.91. The highest BCUT2D eigenvalue weighted by atomic mass is 16.5. The Bertz CT molecular complexity index is 1010. The van der Waals surface area contributed by atoms with Crippen LogP contribution < -0.4 is 25.3 Å². The van der Waals surface area contributed by atoms with Crippen molar-refractivity contribution in [3.63, 3.8) is 0 Å². The minimum absolute atomic E-state index is 0.108. The van der Waals surface area contributed by atoms with Crippen LogP contribution in [0.1, 0.15) is 26.2 Å². The lowest BCUT2D eigenvalue weighted by Gasteiger charge is -2.39. The van der Waals surface area contributed by atoms with E-state index in [1.54, 1.807) is 0 Å². The van der Waals surface area contributed by atoms with Gasteiger partial charge in [0.05, 0.1) is 5.69 Å². The second-order valence-electron chi connectivity index (χ2n) is 8.42. The van der Waals surface area contributed by atoms with Crippen LogP contribution >= 0.6 is 0 Å². The van der Waals surface area contributed by atoms with Crippen molar-refractivity contribution in [1.29, 1.82) is 0 Å². The van der Waals surface area contributed by atoms with E-state index in [-0.39, 0.29) is 11.9 Å². The van der Waals surface area contributed by atoms with Crippen LogP contribution in [0.15, 0.2) is 41.5 Å². The second-order valence-corrected chi connectivity index (χ2v) is 8.42. The van der Waals surface area contributed by atoms with Crippen molar-refractivity contribution >= 4 is 28.8 Å². The highest BCUT2D eigenvalue weighted by molar-refractivity contribution is 6.10. The van der Waals surface area contributed by atoms with Gasteiger partial charge in [0.15, 0.2) is 5.84 Å². The Balaban J connectivity index is 1.60. The summed E-state index contributed by atoms with van der Waals surface area (Å²) >= 11 is 0. The minimum Gasteiger partial charge on any atom is -0.483 e. The molecule has 0 aromatic heterocycles. The fourth-order valence-electron chi connectivity index (χ4n) is 4.14. The molecule has 2 aromatic carbocycles. The Kier molecular flexibility index (Phi) is 4.53. The van der Waals surface area contributed by atoms with E-state index in [0.29, 0.717) is 12.6 Å². The van der Waals surface area contributed by atoms with Crippen molar-refractivity contribution in [2.45, 2.75) is 38.3 Å². The fraction of sp³-hybridized carbons (Fsp3) is 0.391. The summed E-state index contributed by atoms with van der Waals surface area (Å²) < 4.78 is 6.04. The van der Waals surface area contributed by atoms with E-state index in [1.165, 1.54) is 19.3 Å². The molecule has 2 heterocycles. The Morgan fingerprint density at radius 1 is 1.20 bits per heavy atom. The lowest BCUT2D eigenvalue weighted by Crippen LogP contribution is -2.55. The predicted molar refractivity (Wildman–Crippen MR) is 120 cm³/mol. The first kappa shape index (κ1) is 18.8. The van der Waals surface area contributed by atoms with Crippen molar-refractivity contribution in [1.82, 2.24) is 5.43 Å². The van der Waals surface area contributed by atoms with E-state index in [2.05, 4.69) is 57.1 Å². The number of rotatable bonds is 4. The Labute approximate surface area is 176 Å². The third-order valence-corrected chi connectivity index (χ3v) is 6.21. The summed E-state index contributed by atoms with van der Waals surface area (Å²) in [4.78, 5) is 16.3. The van der Waals surface area contributed by atoms with Gasteiger partial charge in [0.25, 0.3) is 5.91 Å². The van der Waals surface area contributed by atoms with Crippen LogP contribution in [0.25, 0.3) is 11.1 Å². The number of amidine groups is 1. The molecule has 5 rings (SSSR count). The molecule has 3 aliphatic rings. The van der Waals surface area contributed by atoms with Gasteiger partial charge in [0, 0.05) is 37.1 Å². The Morgan fingerprint density at radius 2 is 1.97 bits per heavy atom. The second kappa shape index (κ2) is 7.23. The number of hydrazone groups is 1. The molecule has 2 N–H and O–H groups in total. The quantitative estimate of drug-likeness (QED) is 0.816. The molecule has 1 aliphatic carbocycles. The molecule has 1 saturated carbocycles. The molecule has 1 unspecified atom stereocenters. The third kappa shape index (κ3) is 3.14. The molecule has 2 aliphatic heterocycles. The molecule has 0 radical (unpaired) electrons. The predicted octanol–water partition coefficient (Wildman–Crippen LogP) is 3.41. The zero-order chi connectivity index (χ0) is 20.8. The normalized spacial score (nSPS) is 20.2. The minimum atomic E-state index is -0.332. The van der Waals surface area contributed by atoms with Gasteiger partial charge in [-0.3, -0.25) is 4.79 Å². The van der Waals surface area contributed by atoms with Gasteiger partial charge < -0.3 is 19.9 Å². The van der Waals surface area contributed by atoms with Gasteiger partial charge in [-0.2, -0.15) is 5.10 Å². The van der Waals surface area contributed by atoms with Gasteiger partial charge in [0.1, 0.15) is 18.4 Å². The van der Waals surface area contributed by atoms with Crippen LogP contribution in [-0.4, -0.2) is 44.5 Å². The standard InChI is InChI=1S/C23H27N5O2/c1-14-23(29)26-25-22-13-30-21-11-18(15-7-9-17(10-8-15)27(2)3)19(12-20(21)28(14)22)24-16-5-4-6-16/h7-12,14,16,24H,4-6,13H2,1-3H3,(H,26,29). The summed E-state index contributed by atoms with van der Waals surface area (Å²) in [5.41, 5.74) is 7.95. The average molecular weight is 406 g/mol. The van der Waals surface area contributed by atoms with Crippen LogP contribution in [0.5, 0.6) is 5.75 Å². The van der Waals surface area contributed by atoms with Gasteiger partial charge in [-0.25, -0.2) is 5.43 Å². The molecule has 0 bridgehead atoms. The number of ether oxygens (including phenoxy) is 1. The highest BCUT2D eigenvalue weighted by Crippen LogP contribution is 2.43. The number of nitrogens with zero attached hydrogens (tertiary/aromatic N) is 3. The van der Waals surface area contributed by atoms with Gasteiger partial charge >= 0.3 is 0 Å². The van der Waals surface area contributed by atoms with Crippen LogP contribution in [0.4, 0.5) is 17.1 Å². The van der Waals surface area contributed by atoms with E-state index in [9.17, 15) is 4.79 Å². The maximum atomic E-state index is 12.2. The number of anilines is 3. The molecule has 1 amide bonds. The molecule has 1 fully saturated rings. The lowest BCUT2D eigenvalue weighted by molar-refractivity contribution is -0.122. The number of hydrogen-bond donors (Lipinski definition) is 2. The van der Waals surface area contributed by atoms with E-state index in [0.717, 1.165) is 39.8 Å². The van der Waals surface area contributed by atoms with Crippen LogP contribution in [0.2, 0.25) is 0 Å². The maximum Gasteiger partial charge on any atom is 0.262 e. The van der Waals surface area contributed by atoms with Crippen molar-refractivity contribution in [2.24, 2.45) is 5.10 Å². The molecule has 7 nitrogen and oxygen atoms in total. The smallest absolute Gasteiger partial charge is 0.262 e. The van der Waals surface area contributed by atoms with E-state index in [4.69, 9.17) is 4.74 Å². The SMILES string of the molecule is CC1C(=O)NN=C2COc3cc(-c4ccc(N(C)C)cc4)c(NC4CCC4)cc3N21. The van der Waals surface area contributed by atoms with E-state index < -0.39 is 0 Å². The van der Waals surface area contributed by atoms with E-state index >= 15 is 0 Å². The molecule has 1 atom stereocenters. The molecule has 156 valence electrons. The molecule has 7 heteroatoms. The number of benzene rings is 2. The first-order valence-corrected chi connectivity index (χ1v) is 10.5. The van der Waals surface area contributed by atoms with Crippen molar-refractivity contribution in [3.05, 3.63) is 36.4 Å². The Hall–Kier alpha value is -3.22. The molecule has 2 aromatic rings. The number of carbonyl (C=O) groups is 1. The number of carbonyl (C=O) groups excluding carboxylic acids is 1. The van der Waals surface area contributed by atoms with Crippen molar-refractivity contribution in [2.75, 3.05) is 35.8 Å². The summed E-state index contributed by atoms with van der Waals surface area (Å²) in [6, 6.07) is 12.9. The molecular weight excluding hydrogens is 378 g/mol. The monoisotopic (exact) mass is 405 g/mol. The van der Waals surface area contributed by atoms with E-state index in [1.807, 2.05) is 25.9 Å². The Morgan fingerprint density at radius 3 is 2.63 bits per heavy atom. The first-order valence-electron chi connectivity index (χ1n) is 10.5. The van der Waals surface area contributed by atoms with Crippen molar-refractivity contribution < 1.29 is 9.53 Å². The zero-order valence-electron chi connectivity index (χ0n) is 17.6. The number of amides is 1. The van der Waals surface area contributed by atoms with Gasteiger partial charge in [-0.15, -0.1) is 0 Å². The highest BCUT2D eigenvalue weighted by Gasteiger charge is 2.36.